The van der Waals surface area contributed by atoms with E-state index in [9.17, 15) is 4.79 Å². The van der Waals surface area contributed by atoms with Crippen molar-refractivity contribution in [1.82, 2.24) is 30.2 Å². The number of hydrogen-bond donors (Lipinski definition) is 2. The molecule has 0 unspecified atom stereocenters. The first-order valence-electron chi connectivity index (χ1n) is 8.61. The maximum absolute atomic E-state index is 12.6. The molecule has 0 fully saturated rings. The molecule has 0 aliphatic rings. The molecule has 2 aromatic heterocycles. The van der Waals surface area contributed by atoms with Crippen LogP contribution in [0.3, 0.4) is 0 Å². The van der Waals surface area contributed by atoms with Gasteiger partial charge in [0.05, 0.1) is 17.4 Å². The maximum Gasteiger partial charge on any atom is 0.269 e. The number of hydrogen-bond acceptors (Lipinski definition) is 4. The van der Waals surface area contributed by atoms with Gasteiger partial charge in [-0.3, -0.25) is 14.6 Å². The third kappa shape index (κ3) is 4.37. The number of aromatic amines is 1. The summed E-state index contributed by atoms with van der Waals surface area (Å²) < 4.78 is 1.73. The molecule has 0 saturated heterocycles. The number of aryl methyl sites for hydroxylation is 2. The molecule has 3 aromatic rings. The highest BCUT2D eigenvalue weighted by Crippen LogP contribution is 2.22. The fourth-order valence-corrected chi connectivity index (χ4v) is 3.22. The van der Waals surface area contributed by atoms with Gasteiger partial charge < -0.3 is 10.2 Å². The highest BCUT2D eigenvalue weighted by molar-refractivity contribution is 6.30. The lowest BCUT2D eigenvalue weighted by molar-refractivity contribution is 0.0937. The lowest BCUT2D eigenvalue weighted by atomic mass is 10.1. The molecule has 0 aliphatic heterocycles. The average Bonchev–Trinajstić information content (AvgIpc) is 3.21. The van der Waals surface area contributed by atoms with Crippen molar-refractivity contribution < 1.29 is 4.79 Å². The van der Waals surface area contributed by atoms with E-state index in [1.54, 1.807) is 10.7 Å². The number of likely N-dealkylation sites (N-methyl/N-ethyl adjacent to an activating group) is 1. The predicted molar refractivity (Wildman–Crippen MR) is 106 cm³/mol. The molecule has 142 valence electrons. The standard InChI is InChI=1S/C19H23ClN6O/c1-12-15(11-26(4)24-12)16-9-17(23-22-16)19(27)21-10-18(25(2)3)13-6-5-7-14(20)8-13/h5-9,11,18H,10H2,1-4H3,(H,21,27)(H,22,23)/t18-/m0/s1. The van der Waals surface area contributed by atoms with Crippen LogP contribution >= 0.6 is 11.6 Å². The van der Waals surface area contributed by atoms with Gasteiger partial charge >= 0.3 is 0 Å². The van der Waals surface area contributed by atoms with Crippen LogP contribution in [-0.4, -0.2) is 51.4 Å². The van der Waals surface area contributed by atoms with Gasteiger partial charge in [0.15, 0.2) is 0 Å². The van der Waals surface area contributed by atoms with E-state index in [0.29, 0.717) is 23.0 Å². The zero-order valence-electron chi connectivity index (χ0n) is 15.8. The Morgan fingerprint density at radius 2 is 2.15 bits per heavy atom. The molecular weight excluding hydrogens is 364 g/mol. The van der Waals surface area contributed by atoms with Crippen molar-refractivity contribution in [3.63, 3.8) is 0 Å². The van der Waals surface area contributed by atoms with Crippen LogP contribution in [0.4, 0.5) is 0 Å². The molecule has 1 amide bonds. The van der Waals surface area contributed by atoms with Crippen LogP contribution < -0.4 is 5.32 Å². The number of aromatic nitrogens is 4. The molecule has 3 rings (SSSR count). The summed E-state index contributed by atoms with van der Waals surface area (Å²) in [6, 6.07) is 9.41. The van der Waals surface area contributed by atoms with Gasteiger partial charge in [-0.1, -0.05) is 23.7 Å². The van der Waals surface area contributed by atoms with Crippen molar-refractivity contribution in [1.29, 1.82) is 0 Å². The number of nitrogens with one attached hydrogen (secondary N) is 2. The van der Waals surface area contributed by atoms with Crippen molar-refractivity contribution in [2.75, 3.05) is 20.6 Å². The van der Waals surface area contributed by atoms with Crippen molar-refractivity contribution in [3.05, 3.63) is 58.5 Å². The number of halogens is 1. The zero-order chi connectivity index (χ0) is 19.6. The fraction of sp³-hybridized carbons (Fsp3) is 0.316. The van der Waals surface area contributed by atoms with Gasteiger partial charge in [-0.05, 0) is 44.8 Å². The van der Waals surface area contributed by atoms with Gasteiger partial charge in [-0.15, -0.1) is 0 Å². The average molecular weight is 387 g/mol. The minimum absolute atomic E-state index is 0.00982. The number of rotatable bonds is 6. The van der Waals surface area contributed by atoms with E-state index in [1.165, 1.54) is 0 Å². The Kier molecular flexibility index (Phi) is 5.62. The van der Waals surface area contributed by atoms with Crippen molar-refractivity contribution >= 4 is 17.5 Å². The Balaban J connectivity index is 1.71. The molecule has 2 heterocycles. The molecular formula is C19H23ClN6O. The molecule has 8 heteroatoms. The third-order valence-corrected chi connectivity index (χ3v) is 4.66. The Labute approximate surface area is 163 Å². The van der Waals surface area contributed by atoms with Crippen LogP contribution in [0.1, 0.15) is 27.8 Å². The van der Waals surface area contributed by atoms with Crippen LogP contribution in [0.25, 0.3) is 11.3 Å². The fourth-order valence-electron chi connectivity index (χ4n) is 3.02. The first-order valence-corrected chi connectivity index (χ1v) is 8.99. The molecule has 1 atom stereocenters. The minimum atomic E-state index is -0.204. The van der Waals surface area contributed by atoms with Gasteiger partial charge in [0, 0.05) is 30.4 Å². The Morgan fingerprint density at radius 3 is 2.78 bits per heavy atom. The van der Waals surface area contributed by atoms with Crippen LogP contribution in [-0.2, 0) is 7.05 Å². The molecule has 2 N–H and O–H groups in total. The van der Waals surface area contributed by atoms with Crippen LogP contribution in [0.5, 0.6) is 0 Å². The van der Waals surface area contributed by atoms with E-state index < -0.39 is 0 Å². The minimum Gasteiger partial charge on any atom is -0.349 e. The van der Waals surface area contributed by atoms with E-state index in [4.69, 9.17) is 11.6 Å². The predicted octanol–water partition coefficient (Wildman–Crippen LogP) is 2.80. The zero-order valence-corrected chi connectivity index (χ0v) is 16.6. The number of benzene rings is 1. The lowest BCUT2D eigenvalue weighted by Gasteiger charge is -2.25. The molecule has 0 saturated carbocycles. The number of amides is 1. The second-order valence-corrected chi connectivity index (χ2v) is 7.15. The van der Waals surface area contributed by atoms with Crippen LogP contribution in [0, 0.1) is 6.92 Å². The Hall–Kier alpha value is -2.64. The first kappa shape index (κ1) is 19.1. The normalized spacial score (nSPS) is 12.4. The number of carbonyl (C=O) groups is 1. The molecule has 0 radical (unpaired) electrons. The summed E-state index contributed by atoms with van der Waals surface area (Å²) in [6.45, 7) is 2.36. The van der Waals surface area contributed by atoms with Gasteiger partial charge in [0.2, 0.25) is 0 Å². The van der Waals surface area contributed by atoms with E-state index >= 15 is 0 Å². The van der Waals surface area contributed by atoms with Crippen molar-refractivity contribution in [2.45, 2.75) is 13.0 Å². The summed E-state index contributed by atoms with van der Waals surface area (Å²) in [6.07, 6.45) is 1.88. The first-order chi connectivity index (χ1) is 12.8. The molecule has 0 bridgehead atoms. The maximum atomic E-state index is 12.6. The highest BCUT2D eigenvalue weighted by atomic mass is 35.5. The number of nitrogens with zero attached hydrogens (tertiary/aromatic N) is 4. The topological polar surface area (TPSA) is 78.8 Å². The molecule has 0 spiro atoms. The van der Waals surface area contributed by atoms with E-state index in [0.717, 1.165) is 16.8 Å². The molecule has 0 aliphatic carbocycles. The SMILES string of the molecule is Cc1nn(C)cc1-c1cc(C(=O)NC[C@@H](c2cccc(Cl)c2)N(C)C)[nH]n1. The summed E-state index contributed by atoms with van der Waals surface area (Å²) in [7, 11) is 5.79. The largest absolute Gasteiger partial charge is 0.349 e. The summed E-state index contributed by atoms with van der Waals surface area (Å²) in [4.78, 5) is 14.6. The number of H-pyrrole nitrogens is 1. The molecule has 1 aromatic carbocycles. The Morgan fingerprint density at radius 1 is 1.37 bits per heavy atom. The summed E-state index contributed by atoms with van der Waals surface area (Å²) in [5.74, 6) is -0.204. The third-order valence-electron chi connectivity index (χ3n) is 4.42. The quantitative estimate of drug-likeness (QED) is 0.682. The Bertz CT molecular complexity index is 945. The summed E-state index contributed by atoms with van der Waals surface area (Å²) >= 11 is 6.10. The van der Waals surface area contributed by atoms with Crippen LogP contribution in [0.15, 0.2) is 36.5 Å². The summed E-state index contributed by atoms with van der Waals surface area (Å²) in [5, 5.41) is 15.0. The van der Waals surface area contributed by atoms with Gasteiger partial charge in [0.1, 0.15) is 5.69 Å². The summed E-state index contributed by atoms with van der Waals surface area (Å²) in [5.41, 5.74) is 3.92. The molecule has 7 nitrogen and oxygen atoms in total. The smallest absolute Gasteiger partial charge is 0.269 e. The number of carbonyl (C=O) groups excluding carboxylic acids is 1. The second kappa shape index (κ2) is 7.94. The van der Waals surface area contributed by atoms with E-state index in [1.807, 2.05) is 63.4 Å². The van der Waals surface area contributed by atoms with Gasteiger partial charge in [-0.2, -0.15) is 10.2 Å². The van der Waals surface area contributed by atoms with Crippen molar-refractivity contribution in [2.24, 2.45) is 7.05 Å². The van der Waals surface area contributed by atoms with Gasteiger partial charge in [-0.25, -0.2) is 0 Å². The van der Waals surface area contributed by atoms with Crippen LogP contribution in [0.2, 0.25) is 5.02 Å². The molecule has 27 heavy (non-hydrogen) atoms. The van der Waals surface area contributed by atoms with Gasteiger partial charge in [0.25, 0.3) is 5.91 Å². The van der Waals surface area contributed by atoms with E-state index in [-0.39, 0.29) is 11.9 Å². The van der Waals surface area contributed by atoms with E-state index in [2.05, 4.69) is 20.6 Å². The monoisotopic (exact) mass is 386 g/mol. The lowest BCUT2D eigenvalue weighted by Crippen LogP contribution is -2.34. The van der Waals surface area contributed by atoms with Crippen molar-refractivity contribution in [3.8, 4) is 11.3 Å². The highest BCUT2D eigenvalue weighted by Gasteiger charge is 2.18. The second-order valence-electron chi connectivity index (χ2n) is 6.71.